The Bertz CT molecular complexity index is 724. The number of hydrogen-bond acceptors (Lipinski definition) is 4. The van der Waals surface area contributed by atoms with Crippen LogP contribution in [-0.4, -0.2) is 15.8 Å². The van der Waals surface area contributed by atoms with Gasteiger partial charge in [-0.05, 0) is 24.3 Å². The molecule has 2 aromatic rings. The smallest absolute Gasteiger partial charge is 0.306 e. The molecule has 0 atom stereocenters. The van der Waals surface area contributed by atoms with Gasteiger partial charge in [-0.3, -0.25) is 14.9 Å². The molecule has 1 aromatic carbocycles. The normalized spacial score (nSPS) is 10.1. The van der Waals surface area contributed by atoms with Crippen molar-refractivity contribution in [3.63, 3.8) is 0 Å². The molecule has 1 amide bonds. The van der Waals surface area contributed by atoms with E-state index in [-0.39, 0.29) is 5.69 Å². The fourth-order valence-electron chi connectivity index (χ4n) is 1.49. The van der Waals surface area contributed by atoms with E-state index in [1.54, 1.807) is 0 Å². The Morgan fingerprint density at radius 3 is 2.70 bits per heavy atom. The van der Waals surface area contributed by atoms with Crippen LogP contribution in [0, 0.1) is 20.6 Å². The molecular weight excluding hydrogens is 285 g/mol. The maximum absolute atomic E-state index is 13.2. The number of H-pyrrole nitrogens is 1. The minimum atomic E-state index is -0.961. The topological polar surface area (TPSA) is 88.0 Å². The number of anilines is 1. The van der Waals surface area contributed by atoms with Gasteiger partial charge in [-0.25, -0.2) is 0 Å². The molecule has 2 N–H and O–H groups in total. The monoisotopic (exact) mass is 293 g/mol. The highest BCUT2D eigenvalue weighted by atomic mass is 32.1. The second kappa shape index (κ2) is 5.57. The lowest BCUT2D eigenvalue weighted by Crippen LogP contribution is -2.12. The summed E-state index contributed by atoms with van der Waals surface area (Å²) in [5.74, 6) is -1.45. The van der Waals surface area contributed by atoms with Gasteiger partial charge >= 0.3 is 5.69 Å². The van der Waals surface area contributed by atoms with Gasteiger partial charge in [0.05, 0.1) is 10.5 Å². The lowest BCUT2D eigenvalue weighted by Gasteiger charge is -2.05. The van der Waals surface area contributed by atoms with Crippen molar-refractivity contribution < 1.29 is 14.1 Å². The maximum atomic E-state index is 13.2. The average molecular weight is 293 g/mol. The Morgan fingerprint density at radius 2 is 2.10 bits per heavy atom. The number of carbonyl (C=O) groups is 1. The number of nitrogens with zero attached hydrogens (tertiary/aromatic N) is 1. The molecule has 0 bridgehead atoms. The van der Waals surface area contributed by atoms with E-state index >= 15 is 0 Å². The van der Waals surface area contributed by atoms with E-state index in [1.807, 2.05) is 0 Å². The molecule has 8 heteroatoms. The Labute approximate surface area is 117 Å². The third-order valence-electron chi connectivity index (χ3n) is 2.45. The van der Waals surface area contributed by atoms with E-state index in [0.717, 1.165) is 12.1 Å². The number of nitro groups is 1. The summed E-state index contributed by atoms with van der Waals surface area (Å²) in [4.78, 5) is 24.3. The Hall–Kier alpha value is -2.61. The zero-order valence-corrected chi connectivity index (χ0v) is 10.7. The highest BCUT2D eigenvalue weighted by Gasteiger charge is 2.15. The second-order valence-electron chi connectivity index (χ2n) is 3.82. The van der Waals surface area contributed by atoms with Gasteiger partial charge in [0.25, 0.3) is 5.91 Å². The first-order valence-electron chi connectivity index (χ1n) is 5.41. The highest BCUT2D eigenvalue weighted by Crippen LogP contribution is 2.21. The lowest BCUT2D eigenvalue weighted by atomic mass is 10.2. The van der Waals surface area contributed by atoms with Gasteiger partial charge in [0.15, 0.2) is 0 Å². The van der Waals surface area contributed by atoms with Crippen LogP contribution in [0.15, 0.2) is 36.5 Å². The standard InChI is InChI=1S/C12H8FN3O3S/c13-9-3-2-8(5-10(9)16(18)19)15-12(17)7-1-4-11(20)14-6-7/h1-6H,(H,14,20)(H,15,17). The first-order chi connectivity index (χ1) is 9.47. The zero-order valence-electron chi connectivity index (χ0n) is 9.92. The summed E-state index contributed by atoms with van der Waals surface area (Å²) in [7, 11) is 0. The Kier molecular flexibility index (Phi) is 3.85. The van der Waals surface area contributed by atoms with Crippen LogP contribution in [0.2, 0.25) is 0 Å². The highest BCUT2D eigenvalue weighted by molar-refractivity contribution is 7.71. The Balaban J connectivity index is 2.24. The minimum Gasteiger partial charge on any atom is -0.352 e. The fraction of sp³-hybridized carbons (Fsp3) is 0. The maximum Gasteiger partial charge on any atom is 0.306 e. The fourth-order valence-corrected chi connectivity index (χ4v) is 1.61. The van der Waals surface area contributed by atoms with Crippen LogP contribution in [0.25, 0.3) is 0 Å². The molecule has 0 saturated heterocycles. The van der Waals surface area contributed by atoms with E-state index < -0.39 is 22.3 Å². The molecule has 20 heavy (non-hydrogen) atoms. The van der Waals surface area contributed by atoms with E-state index in [2.05, 4.69) is 10.3 Å². The molecular formula is C12H8FN3O3S. The van der Waals surface area contributed by atoms with Crippen LogP contribution in [0.5, 0.6) is 0 Å². The van der Waals surface area contributed by atoms with Gasteiger partial charge < -0.3 is 10.3 Å². The van der Waals surface area contributed by atoms with Gasteiger partial charge in [-0.15, -0.1) is 0 Å². The summed E-state index contributed by atoms with van der Waals surface area (Å²) in [5.41, 5.74) is -0.272. The third-order valence-corrected chi connectivity index (χ3v) is 2.70. The van der Waals surface area contributed by atoms with Crippen molar-refractivity contribution in [2.75, 3.05) is 5.32 Å². The van der Waals surface area contributed by atoms with Gasteiger partial charge in [-0.1, -0.05) is 12.2 Å². The molecule has 0 spiro atoms. The molecule has 0 radical (unpaired) electrons. The summed E-state index contributed by atoms with van der Waals surface area (Å²) >= 11 is 4.84. The van der Waals surface area contributed by atoms with Gasteiger partial charge in [-0.2, -0.15) is 4.39 Å². The molecule has 6 nitrogen and oxygen atoms in total. The van der Waals surface area contributed by atoms with Crippen LogP contribution in [0.4, 0.5) is 15.8 Å². The molecule has 1 aromatic heterocycles. The SMILES string of the molecule is O=C(Nc1ccc(F)c([N+](=O)[O-])c1)c1ccc(=S)[nH]c1. The van der Waals surface area contributed by atoms with Crippen LogP contribution >= 0.6 is 12.2 Å². The van der Waals surface area contributed by atoms with Crippen LogP contribution in [0.3, 0.4) is 0 Å². The quantitative estimate of drug-likeness (QED) is 0.517. The summed E-state index contributed by atoms with van der Waals surface area (Å²) in [6, 6.07) is 6.17. The van der Waals surface area contributed by atoms with E-state index in [4.69, 9.17) is 12.2 Å². The predicted molar refractivity (Wildman–Crippen MR) is 72.6 cm³/mol. The number of halogens is 1. The summed E-state index contributed by atoms with van der Waals surface area (Å²) in [6.45, 7) is 0. The third kappa shape index (κ3) is 3.04. The molecule has 0 saturated carbocycles. The second-order valence-corrected chi connectivity index (χ2v) is 4.26. The van der Waals surface area contributed by atoms with E-state index in [1.165, 1.54) is 24.4 Å². The van der Waals surface area contributed by atoms with E-state index in [0.29, 0.717) is 10.2 Å². The summed E-state index contributed by atoms with van der Waals surface area (Å²) in [5, 5.41) is 13.0. The van der Waals surface area contributed by atoms with Crippen LogP contribution in [0.1, 0.15) is 10.4 Å². The number of hydrogen-bond donors (Lipinski definition) is 2. The zero-order chi connectivity index (χ0) is 14.7. The Morgan fingerprint density at radius 1 is 1.35 bits per heavy atom. The minimum absolute atomic E-state index is 0.130. The molecule has 0 unspecified atom stereocenters. The molecule has 0 aliphatic rings. The van der Waals surface area contributed by atoms with Crippen molar-refractivity contribution in [1.82, 2.24) is 4.98 Å². The summed E-state index contributed by atoms with van der Waals surface area (Å²) < 4.78 is 13.6. The molecule has 0 aliphatic carbocycles. The number of nitrogens with one attached hydrogen (secondary N) is 2. The molecule has 0 aliphatic heterocycles. The number of nitro benzene ring substituents is 1. The number of aromatic amines is 1. The van der Waals surface area contributed by atoms with Gasteiger partial charge in [0.2, 0.25) is 5.82 Å². The first kappa shape index (κ1) is 13.8. The van der Waals surface area contributed by atoms with Crippen molar-refractivity contribution in [2.45, 2.75) is 0 Å². The van der Waals surface area contributed by atoms with Crippen molar-refractivity contribution in [2.24, 2.45) is 0 Å². The van der Waals surface area contributed by atoms with Crippen molar-refractivity contribution >= 4 is 29.5 Å². The molecule has 0 fully saturated rings. The number of pyridine rings is 1. The molecule has 2 rings (SSSR count). The molecule has 102 valence electrons. The number of benzene rings is 1. The van der Waals surface area contributed by atoms with Crippen molar-refractivity contribution in [1.29, 1.82) is 0 Å². The summed E-state index contributed by atoms with van der Waals surface area (Å²) in [6.07, 6.45) is 1.41. The predicted octanol–water partition coefficient (Wildman–Crippen LogP) is 3.04. The van der Waals surface area contributed by atoms with Crippen LogP contribution < -0.4 is 5.32 Å². The largest absolute Gasteiger partial charge is 0.352 e. The van der Waals surface area contributed by atoms with Crippen molar-refractivity contribution in [3.05, 3.63) is 62.7 Å². The number of rotatable bonds is 3. The average Bonchev–Trinajstić information content (AvgIpc) is 2.41. The lowest BCUT2D eigenvalue weighted by molar-refractivity contribution is -0.387. The first-order valence-corrected chi connectivity index (χ1v) is 5.82. The number of amides is 1. The van der Waals surface area contributed by atoms with Gasteiger partial charge in [0, 0.05) is 18.0 Å². The van der Waals surface area contributed by atoms with Crippen LogP contribution in [-0.2, 0) is 0 Å². The molecule has 1 heterocycles. The van der Waals surface area contributed by atoms with Crippen molar-refractivity contribution in [3.8, 4) is 0 Å². The van der Waals surface area contributed by atoms with Gasteiger partial charge in [0.1, 0.15) is 4.64 Å². The number of carbonyl (C=O) groups excluding carboxylic acids is 1. The number of aromatic nitrogens is 1. The van der Waals surface area contributed by atoms with E-state index in [9.17, 15) is 19.3 Å².